The second-order valence-corrected chi connectivity index (χ2v) is 5.57. The number of fused-ring (bicyclic) bond motifs is 1. The number of nitrogens with zero attached hydrogens (tertiary/aromatic N) is 1. The molecule has 0 radical (unpaired) electrons. The van der Waals surface area contributed by atoms with Crippen LogP contribution in [0.4, 0.5) is 0 Å². The van der Waals surface area contributed by atoms with E-state index >= 15 is 0 Å². The summed E-state index contributed by atoms with van der Waals surface area (Å²) in [4.78, 5) is 25.6. The van der Waals surface area contributed by atoms with Crippen LogP contribution < -0.4 is 0 Å². The van der Waals surface area contributed by atoms with Gasteiger partial charge in [0.25, 0.3) is 5.91 Å². The van der Waals surface area contributed by atoms with Crippen molar-refractivity contribution in [2.45, 2.75) is 18.9 Å². The standard InChI is InChI=1S/C19H17NO3/c1-2-14(18(21)20-12-6-11-17(20)19(22)23)16-10-5-8-13-7-3-4-9-15(13)16/h3-5,7-10,17H,1,6,11-12H2,(H,22,23)/t17-/m0/s1. The molecule has 1 aliphatic heterocycles. The largest absolute Gasteiger partial charge is 0.480 e. The predicted octanol–water partition coefficient (Wildman–Crippen LogP) is 3.08. The molecule has 4 nitrogen and oxygen atoms in total. The third-order valence-corrected chi connectivity index (χ3v) is 4.25. The number of carboxylic acids is 1. The highest BCUT2D eigenvalue weighted by molar-refractivity contribution is 6.23. The van der Waals surface area contributed by atoms with Crippen molar-refractivity contribution in [3.8, 4) is 0 Å². The number of carbonyl (C=O) groups excluding carboxylic acids is 1. The molecule has 0 spiro atoms. The molecule has 0 bridgehead atoms. The second kappa shape index (κ2) is 6.11. The van der Waals surface area contributed by atoms with Gasteiger partial charge in [-0.2, -0.15) is 0 Å². The van der Waals surface area contributed by atoms with Crippen molar-refractivity contribution in [1.82, 2.24) is 4.90 Å². The van der Waals surface area contributed by atoms with Crippen LogP contribution in [-0.4, -0.2) is 34.5 Å². The Morgan fingerprint density at radius 3 is 2.65 bits per heavy atom. The van der Waals surface area contributed by atoms with Crippen molar-refractivity contribution in [1.29, 1.82) is 0 Å². The highest BCUT2D eigenvalue weighted by atomic mass is 16.4. The molecule has 1 amide bonds. The molecular formula is C19H17NO3. The molecule has 0 aliphatic carbocycles. The summed E-state index contributed by atoms with van der Waals surface area (Å²) >= 11 is 0. The molecule has 2 aromatic carbocycles. The Hall–Kier alpha value is -2.84. The van der Waals surface area contributed by atoms with Crippen LogP contribution in [0.1, 0.15) is 18.4 Å². The number of carbonyl (C=O) groups is 2. The number of amides is 1. The van der Waals surface area contributed by atoms with Gasteiger partial charge in [0.2, 0.25) is 0 Å². The number of hydrogen-bond acceptors (Lipinski definition) is 2. The van der Waals surface area contributed by atoms with Crippen LogP contribution in [0, 0.1) is 0 Å². The fourth-order valence-electron chi connectivity index (χ4n) is 3.14. The van der Waals surface area contributed by atoms with Gasteiger partial charge in [-0.25, -0.2) is 4.79 Å². The molecule has 3 rings (SSSR count). The molecule has 1 aliphatic rings. The Morgan fingerprint density at radius 2 is 1.91 bits per heavy atom. The van der Waals surface area contributed by atoms with E-state index in [9.17, 15) is 14.7 Å². The molecule has 2 aromatic rings. The Labute approximate surface area is 134 Å². The molecular weight excluding hydrogens is 290 g/mol. The highest BCUT2D eigenvalue weighted by Gasteiger charge is 2.35. The van der Waals surface area contributed by atoms with E-state index in [4.69, 9.17) is 0 Å². The van der Waals surface area contributed by atoms with Crippen molar-refractivity contribution < 1.29 is 14.7 Å². The lowest BCUT2D eigenvalue weighted by Gasteiger charge is -2.22. The summed E-state index contributed by atoms with van der Waals surface area (Å²) in [7, 11) is 0. The van der Waals surface area contributed by atoms with Crippen LogP contribution in [0.15, 0.2) is 54.8 Å². The lowest BCUT2D eigenvalue weighted by Crippen LogP contribution is -2.40. The van der Waals surface area contributed by atoms with Crippen molar-refractivity contribution >= 4 is 28.2 Å². The van der Waals surface area contributed by atoms with Crippen LogP contribution >= 0.6 is 0 Å². The van der Waals surface area contributed by atoms with E-state index in [-0.39, 0.29) is 5.91 Å². The number of carboxylic acid groups (broad SMARTS) is 1. The number of benzene rings is 2. The van der Waals surface area contributed by atoms with E-state index in [1.54, 1.807) is 0 Å². The van der Waals surface area contributed by atoms with E-state index in [2.05, 4.69) is 12.3 Å². The first-order chi connectivity index (χ1) is 11.1. The minimum absolute atomic E-state index is 0.318. The van der Waals surface area contributed by atoms with Gasteiger partial charge in [0.05, 0.1) is 5.57 Å². The summed E-state index contributed by atoms with van der Waals surface area (Å²) in [6.07, 6.45) is 1.18. The summed E-state index contributed by atoms with van der Waals surface area (Å²) < 4.78 is 0. The molecule has 23 heavy (non-hydrogen) atoms. The van der Waals surface area contributed by atoms with E-state index in [0.29, 0.717) is 25.0 Å². The van der Waals surface area contributed by atoms with Crippen molar-refractivity contribution in [2.75, 3.05) is 6.54 Å². The van der Waals surface area contributed by atoms with Gasteiger partial charge in [-0.3, -0.25) is 4.79 Å². The fraction of sp³-hybridized carbons (Fsp3) is 0.211. The highest BCUT2D eigenvalue weighted by Crippen LogP contribution is 2.28. The molecule has 116 valence electrons. The van der Waals surface area contributed by atoms with Gasteiger partial charge >= 0.3 is 5.97 Å². The van der Waals surface area contributed by atoms with Gasteiger partial charge in [0.1, 0.15) is 6.04 Å². The van der Waals surface area contributed by atoms with Gasteiger partial charge in [-0.15, -0.1) is 5.73 Å². The zero-order valence-corrected chi connectivity index (χ0v) is 12.7. The second-order valence-electron chi connectivity index (χ2n) is 5.57. The minimum Gasteiger partial charge on any atom is -0.480 e. The quantitative estimate of drug-likeness (QED) is 0.700. The molecule has 4 heteroatoms. The van der Waals surface area contributed by atoms with Crippen molar-refractivity contribution in [3.63, 3.8) is 0 Å². The first-order valence-electron chi connectivity index (χ1n) is 7.55. The molecule has 1 N–H and O–H groups in total. The summed E-state index contributed by atoms with van der Waals surface area (Å²) in [6.45, 7) is 4.10. The van der Waals surface area contributed by atoms with Crippen molar-refractivity contribution in [3.05, 3.63) is 60.3 Å². The van der Waals surface area contributed by atoms with Gasteiger partial charge in [0.15, 0.2) is 0 Å². The fourth-order valence-corrected chi connectivity index (χ4v) is 3.14. The molecule has 1 saturated heterocycles. The van der Waals surface area contributed by atoms with E-state index in [0.717, 1.165) is 16.3 Å². The molecule has 1 fully saturated rings. The van der Waals surface area contributed by atoms with Crippen molar-refractivity contribution in [2.24, 2.45) is 0 Å². The van der Waals surface area contributed by atoms with Crippen LogP contribution in [0.3, 0.4) is 0 Å². The summed E-state index contributed by atoms with van der Waals surface area (Å²) in [5, 5.41) is 11.2. The molecule has 0 saturated carbocycles. The smallest absolute Gasteiger partial charge is 0.326 e. The zero-order chi connectivity index (χ0) is 16.4. The predicted molar refractivity (Wildman–Crippen MR) is 88.9 cm³/mol. The first kappa shape index (κ1) is 15.1. The number of likely N-dealkylation sites (tertiary alicyclic amines) is 1. The summed E-state index contributed by atoms with van der Waals surface area (Å²) in [5.41, 5.74) is 3.79. The third-order valence-electron chi connectivity index (χ3n) is 4.25. The van der Waals surface area contributed by atoms with E-state index < -0.39 is 12.0 Å². The molecule has 0 unspecified atom stereocenters. The zero-order valence-electron chi connectivity index (χ0n) is 12.7. The molecule has 1 heterocycles. The third kappa shape index (κ3) is 2.65. The average molecular weight is 307 g/mol. The van der Waals surface area contributed by atoms with Crippen LogP contribution in [0.5, 0.6) is 0 Å². The maximum Gasteiger partial charge on any atom is 0.326 e. The average Bonchev–Trinajstić information content (AvgIpc) is 3.05. The lowest BCUT2D eigenvalue weighted by atomic mass is 9.97. The number of rotatable bonds is 3. The van der Waals surface area contributed by atoms with Gasteiger partial charge in [0, 0.05) is 12.1 Å². The topological polar surface area (TPSA) is 57.6 Å². The van der Waals surface area contributed by atoms with Crippen LogP contribution in [0.25, 0.3) is 16.3 Å². The van der Waals surface area contributed by atoms with Gasteiger partial charge < -0.3 is 10.0 Å². The Morgan fingerprint density at radius 1 is 1.17 bits per heavy atom. The maximum absolute atomic E-state index is 12.9. The number of aliphatic carboxylic acids is 1. The SMILES string of the molecule is C=C=C(C(=O)N1CCC[C@H]1C(=O)O)c1cccc2ccccc12. The van der Waals surface area contributed by atoms with Crippen LogP contribution in [-0.2, 0) is 9.59 Å². The minimum atomic E-state index is -0.961. The van der Waals surface area contributed by atoms with E-state index in [1.165, 1.54) is 4.90 Å². The Balaban J connectivity index is 2.04. The molecule has 1 atom stereocenters. The normalized spacial score (nSPS) is 17.0. The summed E-state index contributed by atoms with van der Waals surface area (Å²) in [5.74, 6) is -1.28. The number of hydrogen-bond donors (Lipinski definition) is 1. The maximum atomic E-state index is 12.9. The molecule has 0 aromatic heterocycles. The Bertz CT molecular complexity index is 828. The first-order valence-corrected chi connectivity index (χ1v) is 7.55. The van der Waals surface area contributed by atoms with Gasteiger partial charge in [-0.1, -0.05) is 49.0 Å². The van der Waals surface area contributed by atoms with Gasteiger partial charge in [-0.05, 0) is 23.6 Å². The van der Waals surface area contributed by atoms with E-state index in [1.807, 2.05) is 42.5 Å². The Kier molecular flexibility index (Phi) is 4.00. The summed E-state index contributed by atoms with van der Waals surface area (Å²) in [6, 6.07) is 12.7. The lowest BCUT2D eigenvalue weighted by molar-refractivity contribution is -0.146. The monoisotopic (exact) mass is 307 g/mol. The van der Waals surface area contributed by atoms with Crippen LogP contribution in [0.2, 0.25) is 0 Å².